The normalized spacial score (nSPS) is 12.3. The number of rotatable bonds is 15. The van der Waals surface area contributed by atoms with Gasteiger partial charge in [0.1, 0.15) is 0 Å². The first kappa shape index (κ1) is 20.8. The van der Waals surface area contributed by atoms with Crippen molar-refractivity contribution in [2.24, 2.45) is 0 Å². The Kier molecular flexibility index (Phi) is 16.0. The van der Waals surface area contributed by atoms with E-state index in [-0.39, 0.29) is 12.6 Å². The van der Waals surface area contributed by atoms with Crippen LogP contribution in [0.4, 0.5) is 4.39 Å². The Labute approximate surface area is 131 Å². The number of ether oxygens (including phenoxy) is 1. The molecular weight excluding hydrogens is 290 g/mol. The maximum Gasteiger partial charge on any atom is 0.335 e. The van der Waals surface area contributed by atoms with E-state index in [1.54, 1.807) is 0 Å². The van der Waals surface area contributed by atoms with Crippen LogP contribution in [-0.2, 0) is 14.1 Å². The zero-order valence-corrected chi connectivity index (χ0v) is 14.6. The molecule has 0 bridgehead atoms. The summed E-state index contributed by atoms with van der Waals surface area (Å²) >= 11 is 0. The SMILES string of the molecule is CCCCC(OP)C(=O)OCCCCCCCCCCF. The summed E-state index contributed by atoms with van der Waals surface area (Å²) in [6, 6.07) is 0. The van der Waals surface area contributed by atoms with Gasteiger partial charge in [-0.15, -0.1) is 0 Å². The van der Waals surface area contributed by atoms with E-state index < -0.39 is 6.10 Å². The largest absolute Gasteiger partial charge is 0.464 e. The van der Waals surface area contributed by atoms with E-state index in [9.17, 15) is 9.18 Å². The van der Waals surface area contributed by atoms with E-state index in [4.69, 9.17) is 9.26 Å². The van der Waals surface area contributed by atoms with Crippen molar-refractivity contribution in [1.29, 1.82) is 0 Å². The summed E-state index contributed by atoms with van der Waals surface area (Å²) in [5.41, 5.74) is 0. The standard InChI is InChI=1S/C16H32FO3P/c1-2-3-12-15(20-21)16(18)19-14-11-9-7-5-4-6-8-10-13-17/h15H,2-14,21H2,1H3. The number of alkyl halides is 1. The average Bonchev–Trinajstić information content (AvgIpc) is 2.50. The van der Waals surface area contributed by atoms with Gasteiger partial charge < -0.3 is 9.26 Å². The smallest absolute Gasteiger partial charge is 0.335 e. The summed E-state index contributed by atoms with van der Waals surface area (Å²) in [5.74, 6) is -0.246. The van der Waals surface area contributed by atoms with Crippen molar-refractivity contribution in [3.8, 4) is 0 Å². The maximum absolute atomic E-state index is 11.9. The molecule has 0 N–H and O–H groups in total. The first-order chi connectivity index (χ1) is 10.3. The molecule has 0 saturated heterocycles. The first-order valence-corrected chi connectivity index (χ1v) is 8.81. The lowest BCUT2D eigenvalue weighted by Gasteiger charge is -2.13. The summed E-state index contributed by atoms with van der Waals surface area (Å²) in [5, 5.41) is 0. The van der Waals surface area contributed by atoms with E-state index in [0.29, 0.717) is 13.0 Å². The Bertz CT molecular complexity index is 240. The lowest BCUT2D eigenvalue weighted by Crippen LogP contribution is -2.24. The fraction of sp³-hybridized carbons (Fsp3) is 0.938. The highest BCUT2D eigenvalue weighted by molar-refractivity contribution is 7.09. The molecule has 0 fully saturated rings. The molecule has 0 aliphatic heterocycles. The lowest BCUT2D eigenvalue weighted by molar-refractivity contribution is -0.151. The van der Waals surface area contributed by atoms with Crippen LogP contribution in [0.25, 0.3) is 0 Å². The highest BCUT2D eigenvalue weighted by Gasteiger charge is 2.18. The van der Waals surface area contributed by atoms with Gasteiger partial charge in [0, 0.05) is 9.47 Å². The Morgan fingerprint density at radius 3 is 2.10 bits per heavy atom. The number of hydrogen-bond acceptors (Lipinski definition) is 3. The third-order valence-corrected chi connectivity index (χ3v) is 3.85. The molecule has 2 atom stereocenters. The molecule has 0 rings (SSSR count). The van der Waals surface area contributed by atoms with Gasteiger partial charge in [-0.3, -0.25) is 4.39 Å². The molecule has 0 heterocycles. The molecule has 0 aliphatic carbocycles. The van der Waals surface area contributed by atoms with Crippen LogP contribution in [-0.4, -0.2) is 25.4 Å². The van der Waals surface area contributed by atoms with Crippen LogP contribution < -0.4 is 0 Å². The van der Waals surface area contributed by atoms with Crippen LogP contribution in [0.3, 0.4) is 0 Å². The predicted octanol–water partition coefficient (Wildman–Crippen LogP) is 4.99. The molecule has 21 heavy (non-hydrogen) atoms. The van der Waals surface area contributed by atoms with Gasteiger partial charge in [0.05, 0.1) is 13.3 Å². The van der Waals surface area contributed by atoms with Gasteiger partial charge in [-0.1, -0.05) is 58.3 Å². The zero-order valence-electron chi connectivity index (χ0n) is 13.4. The fourth-order valence-corrected chi connectivity index (χ4v) is 2.40. The van der Waals surface area contributed by atoms with Crippen molar-refractivity contribution in [2.75, 3.05) is 13.3 Å². The Morgan fingerprint density at radius 1 is 1.00 bits per heavy atom. The number of hydrogen-bond donors (Lipinski definition) is 0. The predicted molar refractivity (Wildman–Crippen MR) is 88.0 cm³/mol. The third-order valence-electron chi connectivity index (χ3n) is 3.52. The quantitative estimate of drug-likeness (QED) is 0.242. The molecular formula is C16H32FO3P. The Balaban J connectivity index is 3.38. The average molecular weight is 322 g/mol. The van der Waals surface area contributed by atoms with Gasteiger partial charge in [0.15, 0.2) is 6.10 Å². The summed E-state index contributed by atoms with van der Waals surface area (Å²) in [6.07, 6.45) is 10.6. The second-order valence-corrected chi connectivity index (χ2v) is 5.72. The highest BCUT2D eigenvalue weighted by Crippen LogP contribution is 2.12. The number of halogens is 1. The molecule has 0 amide bonds. The minimum atomic E-state index is -0.439. The van der Waals surface area contributed by atoms with Crippen molar-refractivity contribution >= 4 is 15.4 Å². The molecule has 3 nitrogen and oxygen atoms in total. The van der Waals surface area contributed by atoms with Crippen LogP contribution in [0, 0.1) is 0 Å². The first-order valence-electron chi connectivity index (χ1n) is 8.34. The molecule has 126 valence electrons. The molecule has 5 heteroatoms. The number of esters is 1. The second-order valence-electron chi connectivity index (χ2n) is 5.45. The van der Waals surface area contributed by atoms with Gasteiger partial charge in [0.2, 0.25) is 0 Å². The zero-order chi connectivity index (χ0) is 15.8. The number of carbonyl (C=O) groups excluding carboxylic acids is 1. The summed E-state index contributed by atoms with van der Waals surface area (Å²) in [6.45, 7) is 2.38. The van der Waals surface area contributed by atoms with E-state index in [2.05, 4.69) is 16.4 Å². The van der Waals surface area contributed by atoms with Crippen molar-refractivity contribution < 1.29 is 18.4 Å². The lowest BCUT2D eigenvalue weighted by atomic mass is 10.1. The molecule has 2 unspecified atom stereocenters. The summed E-state index contributed by atoms with van der Waals surface area (Å²) in [7, 11) is 2.15. The third kappa shape index (κ3) is 13.2. The van der Waals surface area contributed by atoms with Crippen molar-refractivity contribution in [1.82, 2.24) is 0 Å². The maximum atomic E-state index is 11.9. The molecule has 0 radical (unpaired) electrons. The molecule has 0 aromatic carbocycles. The van der Waals surface area contributed by atoms with E-state index in [1.807, 2.05) is 0 Å². The van der Waals surface area contributed by atoms with Crippen LogP contribution in [0.1, 0.15) is 77.6 Å². The molecule has 0 aromatic heterocycles. The summed E-state index contributed by atoms with van der Waals surface area (Å²) in [4.78, 5) is 11.7. The number of carbonyl (C=O) groups is 1. The van der Waals surface area contributed by atoms with Crippen molar-refractivity contribution in [3.63, 3.8) is 0 Å². The van der Waals surface area contributed by atoms with Gasteiger partial charge in [-0.25, -0.2) is 4.79 Å². The highest BCUT2D eigenvalue weighted by atomic mass is 31.0. The van der Waals surface area contributed by atoms with Gasteiger partial charge >= 0.3 is 5.97 Å². The summed E-state index contributed by atoms with van der Waals surface area (Å²) < 4.78 is 22.2. The van der Waals surface area contributed by atoms with Crippen LogP contribution in [0.15, 0.2) is 0 Å². The fourth-order valence-electron chi connectivity index (χ4n) is 2.15. The molecule has 0 aromatic rings. The van der Waals surface area contributed by atoms with Crippen molar-refractivity contribution in [2.45, 2.75) is 83.7 Å². The molecule has 0 aliphatic rings. The Morgan fingerprint density at radius 2 is 1.57 bits per heavy atom. The monoisotopic (exact) mass is 322 g/mol. The van der Waals surface area contributed by atoms with Gasteiger partial charge in [-0.05, 0) is 19.3 Å². The minimum absolute atomic E-state index is 0.190. The van der Waals surface area contributed by atoms with E-state index in [0.717, 1.165) is 51.4 Å². The topological polar surface area (TPSA) is 35.5 Å². The van der Waals surface area contributed by atoms with Gasteiger partial charge in [0.25, 0.3) is 0 Å². The second kappa shape index (κ2) is 16.2. The van der Waals surface area contributed by atoms with Crippen LogP contribution in [0.2, 0.25) is 0 Å². The minimum Gasteiger partial charge on any atom is -0.464 e. The van der Waals surface area contributed by atoms with E-state index >= 15 is 0 Å². The number of unbranched alkanes of at least 4 members (excludes halogenated alkanes) is 8. The van der Waals surface area contributed by atoms with Gasteiger partial charge in [-0.2, -0.15) is 0 Å². The van der Waals surface area contributed by atoms with Crippen LogP contribution >= 0.6 is 9.47 Å². The Hall–Kier alpha value is -0.210. The van der Waals surface area contributed by atoms with Crippen LogP contribution in [0.5, 0.6) is 0 Å². The van der Waals surface area contributed by atoms with E-state index in [1.165, 1.54) is 12.8 Å². The molecule has 0 spiro atoms. The molecule has 0 saturated carbocycles. The van der Waals surface area contributed by atoms with Crippen molar-refractivity contribution in [3.05, 3.63) is 0 Å².